The Hall–Kier alpha value is -1.26. The van der Waals surface area contributed by atoms with Crippen LogP contribution < -0.4 is 0 Å². The molecule has 0 spiro atoms. The second-order valence-electron chi connectivity index (χ2n) is 4.85. The molecular weight excluding hydrogens is 247 g/mol. The quantitative estimate of drug-likeness (QED) is 0.786. The first-order chi connectivity index (χ1) is 9.09. The van der Waals surface area contributed by atoms with Gasteiger partial charge < -0.3 is 9.47 Å². The van der Waals surface area contributed by atoms with Crippen LogP contribution in [0.15, 0.2) is 18.2 Å². The van der Waals surface area contributed by atoms with E-state index in [4.69, 9.17) is 9.47 Å². The van der Waals surface area contributed by atoms with Crippen LogP contribution in [0.2, 0.25) is 0 Å². The van der Waals surface area contributed by atoms with E-state index in [0.717, 1.165) is 5.56 Å². The van der Waals surface area contributed by atoms with Crippen molar-refractivity contribution >= 4 is 5.78 Å². The van der Waals surface area contributed by atoms with E-state index in [1.807, 2.05) is 13.8 Å². The number of carbonyl (C=O) groups is 1. The van der Waals surface area contributed by atoms with Gasteiger partial charge in [-0.1, -0.05) is 11.6 Å². The number of rotatable bonds is 4. The molecule has 19 heavy (non-hydrogen) atoms. The minimum atomic E-state index is -0.929. The SMILES string of the molecule is CCOC1(C(=O)c2cc(C)ccc2F)CCOCC1. The van der Waals surface area contributed by atoms with Gasteiger partial charge in [0.25, 0.3) is 0 Å². The molecule has 1 aromatic carbocycles. The van der Waals surface area contributed by atoms with E-state index in [2.05, 4.69) is 0 Å². The van der Waals surface area contributed by atoms with Gasteiger partial charge in [0.1, 0.15) is 11.4 Å². The predicted molar refractivity (Wildman–Crippen MR) is 69.9 cm³/mol. The fraction of sp³-hybridized carbons (Fsp3) is 0.533. The van der Waals surface area contributed by atoms with Crippen LogP contribution in [0.25, 0.3) is 0 Å². The molecule has 4 heteroatoms. The van der Waals surface area contributed by atoms with Crippen molar-refractivity contribution in [1.29, 1.82) is 0 Å². The average Bonchev–Trinajstić information content (AvgIpc) is 2.42. The topological polar surface area (TPSA) is 35.5 Å². The van der Waals surface area contributed by atoms with Crippen LogP contribution in [0.1, 0.15) is 35.7 Å². The van der Waals surface area contributed by atoms with Crippen LogP contribution in [-0.4, -0.2) is 31.2 Å². The summed E-state index contributed by atoms with van der Waals surface area (Å²) in [4.78, 5) is 12.7. The Kier molecular flexibility index (Phi) is 4.32. The van der Waals surface area contributed by atoms with E-state index in [-0.39, 0.29) is 11.3 Å². The van der Waals surface area contributed by atoms with Crippen LogP contribution in [0, 0.1) is 12.7 Å². The molecule has 1 aromatic rings. The number of aryl methyl sites for hydroxylation is 1. The van der Waals surface area contributed by atoms with Crippen molar-refractivity contribution in [2.75, 3.05) is 19.8 Å². The van der Waals surface area contributed by atoms with Crippen molar-refractivity contribution in [1.82, 2.24) is 0 Å². The van der Waals surface area contributed by atoms with Crippen molar-refractivity contribution in [2.45, 2.75) is 32.3 Å². The lowest BCUT2D eigenvalue weighted by Crippen LogP contribution is -2.46. The fourth-order valence-corrected chi connectivity index (χ4v) is 2.47. The summed E-state index contributed by atoms with van der Waals surface area (Å²) in [6, 6.07) is 4.58. The maximum atomic E-state index is 13.9. The van der Waals surface area contributed by atoms with E-state index < -0.39 is 11.4 Å². The Morgan fingerprint density at radius 2 is 2.11 bits per heavy atom. The Morgan fingerprint density at radius 1 is 1.42 bits per heavy atom. The van der Waals surface area contributed by atoms with Crippen LogP contribution in [-0.2, 0) is 9.47 Å². The molecule has 0 amide bonds. The van der Waals surface area contributed by atoms with E-state index in [1.54, 1.807) is 12.1 Å². The first-order valence-electron chi connectivity index (χ1n) is 6.62. The van der Waals surface area contributed by atoms with E-state index in [9.17, 15) is 9.18 Å². The molecule has 1 aliphatic heterocycles. The van der Waals surface area contributed by atoms with Gasteiger partial charge in [0.15, 0.2) is 5.78 Å². The zero-order valence-electron chi connectivity index (χ0n) is 11.4. The lowest BCUT2D eigenvalue weighted by Gasteiger charge is -2.35. The molecule has 1 heterocycles. The molecule has 0 unspecified atom stereocenters. The number of ether oxygens (including phenoxy) is 2. The number of ketones is 1. The molecule has 0 atom stereocenters. The summed E-state index contributed by atoms with van der Waals surface area (Å²) in [5.41, 5.74) is 0.0561. The van der Waals surface area contributed by atoms with Crippen LogP contribution in [0.4, 0.5) is 4.39 Å². The molecule has 0 saturated carbocycles. The maximum absolute atomic E-state index is 13.9. The van der Waals surface area contributed by atoms with Gasteiger partial charge >= 0.3 is 0 Å². The molecule has 2 rings (SSSR count). The van der Waals surface area contributed by atoms with Gasteiger partial charge in [-0.25, -0.2) is 4.39 Å². The molecule has 0 aromatic heterocycles. The van der Waals surface area contributed by atoms with Crippen LogP contribution >= 0.6 is 0 Å². The highest BCUT2D eigenvalue weighted by Crippen LogP contribution is 2.30. The number of Topliss-reactive ketones (excluding diaryl/α,β-unsaturated/α-hetero) is 1. The molecule has 1 aliphatic rings. The predicted octanol–water partition coefficient (Wildman–Crippen LogP) is 2.90. The zero-order chi connectivity index (χ0) is 13.9. The van der Waals surface area contributed by atoms with E-state index >= 15 is 0 Å². The Morgan fingerprint density at radius 3 is 2.74 bits per heavy atom. The second kappa shape index (κ2) is 5.80. The fourth-order valence-electron chi connectivity index (χ4n) is 2.47. The summed E-state index contributed by atoms with van der Waals surface area (Å²) in [6.45, 7) is 5.06. The smallest absolute Gasteiger partial charge is 0.197 e. The Labute approximate surface area is 112 Å². The lowest BCUT2D eigenvalue weighted by molar-refractivity contribution is -0.0823. The van der Waals surface area contributed by atoms with Gasteiger partial charge in [0.2, 0.25) is 0 Å². The zero-order valence-corrected chi connectivity index (χ0v) is 11.4. The molecule has 3 nitrogen and oxygen atoms in total. The molecule has 104 valence electrons. The third kappa shape index (κ3) is 2.85. The van der Waals surface area contributed by atoms with Gasteiger partial charge in [-0.3, -0.25) is 4.79 Å². The van der Waals surface area contributed by atoms with Crippen LogP contribution in [0.5, 0.6) is 0 Å². The summed E-state index contributed by atoms with van der Waals surface area (Å²) in [5.74, 6) is -0.750. The van der Waals surface area contributed by atoms with Crippen molar-refractivity contribution in [3.63, 3.8) is 0 Å². The van der Waals surface area contributed by atoms with Crippen molar-refractivity contribution in [3.8, 4) is 0 Å². The van der Waals surface area contributed by atoms with Gasteiger partial charge in [-0.2, -0.15) is 0 Å². The van der Waals surface area contributed by atoms with Crippen molar-refractivity contribution in [3.05, 3.63) is 35.1 Å². The first-order valence-corrected chi connectivity index (χ1v) is 6.62. The summed E-state index contributed by atoms with van der Waals surface area (Å²) in [6.07, 6.45) is 0.958. The maximum Gasteiger partial charge on any atom is 0.197 e. The van der Waals surface area contributed by atoms with E-state index in [1.165, 1.54) is 6.07 Å². The molecule has 0 bridgehead atoms. The number of benzene rings is 1. The normalized spacial score (nSPS) is 18.3. The van der Waals surface area contributed by atoms with Gasteiger partial charge in [-0.15, -0.1) is 0 Å². The first kappa shape index (κ1) is 14.2. The molecule has 0 radical (unpaired) electrons. The Balaban J connectivity index is 2.36. The molecule has 1 fully saturated rings. The highest BCUT2D eigenvalue weighted by Gasteiger charge is 2.42. The summed E-state index contributed by atoms with van der Waals surface area (Å²) in [5, 5.41) is 0. The number of hydrogen-bond donors (Lipinski definition) is 0. The summed E-state index contributed by atoms with van der Waals surface area (Å²) >= 11 is 0. The van der Waals surface area contributed by atoms with Gasteiger partial charge in [0, 0.05) is 32.7 Å². The number of hydrogen-bond acceptors (Lipinski definition) is 3. The standard InChI is InChI=1S/C15H19FO3/c1-3-19-15(6-8-18-9-7-15)14(17)12-10-11(2)4-5-13(12)16/h4-5,10H,3,6-9H2,1-2H3. The lowest BCUT2D eigenvalue weighted by atomic mass is 9.85. The number of halogens is 1. The number of carbonyl (C=O) groups excluding carboxylic acids is 1. The third-order valence-electron chi connectivity index (χ3n) is 3.50. The molecule has 1 saturated heterocycles. The highest BCUT2D eigenvalue weighted by molar-refractivity contribution is 6.03. The summed E-state index contributed by atoms with van der Waals surface area (Å²) in [7, 11) is 0. The van der Waals surface area contributed by atoms with E-state index in [0.29, 0.717) is 32.7 Å². The minimum absolute atomic E-state index is 0.121. The Bertz CT molecular complexity index is 459. The monoisotopic (exact) mass is 266 g/mol. The van der Waals surface area contributed by atoms with Crippen molar-refractivity contribution in [2.24, 2.45) is 0 Å². The third-order valence-corrected chi connectivity index (χ3v) is 3.50. The highest BCUT2D eigenvalue weighted by atomic mass is 19.1. The molecule has 0 N–H and O–H groups in total. The van der Waals surface area contributed by atoms with Crippen molar-refractivity contribution < 1.29 is 18.7 Å². The molecule has 0 aliphatic carbocycles. The second-order valence-corrected chi connectivity index (χ2v) is 4.85. The minimum Gasteiger partial charge on any atom is -0.381 e. The van der Waals surface area contributed by atoms with Gasteiger partial charge in [-0.05, 0) is 26.0 Å². The largest absolute Gasteiger partial charge is 0.381 e. The van der Waals surface area contributed by atoms with Crippen LogP contribution in [0.3, 0.4) is 0 Å². The molecular formula is C15H19FO3. The van der Waals surface area contributed by atoms with Gasteiger partial charge in [0.05, 0.1) is 5.56 Å². The summed E-state index contributed by atoms with van der Waals surface area (Å²) < 4.78 is 24.8. The average molecular weight is 266 g/mol.